The molecule has 1 N–H and O–H groups in total. The summed E-state index contributed by atoms with van der Waals surface area (Å²) in [6, 6.07) is 3.10. The lowest BCUT2D eigenvalue weighted by Crippen LogP contribution is -2.54. The van der Waals surface area contributed by atoms with Gasteiger partial charge in [0, 0.05) is 31.2 Å². The van der Waals surface area contributed by atoms with E-state index in [-0.39, 0.29) is 0 Å². The predicted molar refractivity (Wildman–Crippen MR) is 73.8 cm³/mol. The molecule has 3 rings (SSSR count). The predicted octanol–water partition coefficient (Wildman–Crippen LogP) is 2.76. The van der Waals surface area contributed by atoms with E-state index in [4.69, 9.17) is 0 Å². The van der Waals surface area contributed by atoms with Crippen molar-refractivity contribution in [1.82, 2.24) is 10.3 Å². The topological polar surface area (TPSA) is 28.2 Å². The van der Waals surface area contributed by atoms with E-state index >= 15 is 0 Å². The van der Waals surface area contributed by atoms with Crippen molar-refractivity contribution in [2.75, 3.05) is 18.0 Å². The van der Waals surface area contributed by atoms with Crippen LogP contribution in [0.4, 0.5) is 13.9 Å². The fourth-order valence-electron chi connectivity index (χ4n) is 2.32. The summed E-state index contributed by atoms with van der Waals surface area (Å²) in [6.07, 6.45) is 0. The highest BCUT2D eigenvalue weighted by Crippen LogP contribution is 2.31. The first-order chi connectivity index (χ1) is 9.04. The number of hydrogen-bond donors (Lipinski definition) is 1. The maximum absolute atomic E-state index is 13.2. The molecule has 1 aliphatic rings. The molecular weight excluding hydrogens is 268 g/mol. The number of piperazine rings is 1. The van der Waals surface area contributed by atoms with Gasteiger partial charge in [-0.2, -0.15) is 0 Å². The first-order valence-electron chi connectivity index (χ1n) is 6.30. The monoisotopic (exact) mass is 283 g/mol. The maximum Gasteiger partial charge on any atom is 0.186 e. The zero-order chi connectivity index (χ0) is 13.6. The van der Waals surface area contributed by atoms with Crippen molar-refractivity contribution in [1.29, 1.82) is 0 Å². The molecule has 1 fully saturated rings. The third-order valence-corrected chi connectivity index (χ3v) is 4.48. The lowest BCUT2D eigenvalue weighted by molar-refractivity contribution is 0.425. The fraction of sp³-hybridized carbons (Fsp3) is 0.462. The Hall–Kier alpha value is -1.27. The van der Waals surface area contributed by atoms with Gasteiger partial charge in [-0.1, -0.05) is 11.3 Å². The molecule has 1 aromatic heterocycles. The van der Waals surface area contributed by atoms with Crippen LogP contribution in [0, 0.1) is 11.6 Å². The average Bonchev–Trinajstić information content (AvgIpc) is 2.75. The van der Waals surface area contributed by atoms with Gasteiger partial charge in [-0.25, -0.2) is 13.8 Å². The fourth-order valence-corrected chi connectivity index (χ4v) is 3.41. The Kier molecular flexibility index (Phi) is 3.14. The molecule has 0 saturated carbocycles. The third-order valence-electron chi connectivity index (χ3n) is 3.43. The van der Waals surface area contributed by atoms with Gasteiger partial charge in [0.2, 0.25) is 0 Å². The minimum atomic E-state index is -0.842. The van der Waals surface area contributed by atoms with Crippen molar-refractivity contribution in [3.8, 4) is 0 Å². The molecule has 19 heavy (non-hydrogen) atoms. The van der Waals surface area contributed by atoms with E-state index in [1.165, 1.54) is 23.5 Å². The largest absolute Gasteiger partial charge is 0.343 e. The van der Waals surface area contributed by atoms with Crippen molar-refractivity contribution >= 4 is 26.7 Å². The Bertz CT molecular complexity index is 574. The van der Waals surface area contributed by atoms with Crippen molar-refractivity contribution in [2.24, 2.45) is 0 Å². The molecule has 6 heteroatoms. The van der Waals surface area contributed by atoms with Gasteiger partial charge in [0.1, 0.15) is 0 Å². The Morgan fingerprint density at radius 3 is 2.84 bits per heavy atom. The summed E-state index contributed by atoms with van der Waals surface area (Å²) in [5, 5.41) is 4.23. The van der Waals surface area contributed by atoms with Crippen LogP contribution in [0.1, 0.15) is 13.8 Å². The van der Waals surface area contributed by atoms with E-state index in [0.29, 0.717) is 22.3 Å². The molecule has 1 aromatic carbocycles. The minimum absolute atomic E-state index is 0.325. The zero-order valence-electron chi connectivity index (χ0n) is 10.8. The number of aromatic nitrogens is 1. The molecule has 1 saturated heterocycles. The lowest BCUT2D eigenvalue weighted by Gasteiger charge is -2.37. The second-order valence-electron chi connectivity index (χ2n) is 5.04. The smallest absolute Gasteiger partial charge is 0.186 e. The van der Waals surface area contributed by atoms with Crippen molar-refractivity contribution in [3.05, 3.63) is 23.8 Å². The van der Waals surface area contributed by atoms with Gasteiger partial charge in [-0.15, -0.1) is 0 Å². The van der Waals surface area contributed by atoms with Crippen LogP contribution in [0.25, 0.3) is 10.2 Å². The molecule has 3 nitrogen and oxygen atoms in total. The van der Waals surface area contributed by atoms with Gasteiger partial charge < -0.3 is 10.2 Å². The highest BCUT2D eigenvalue weighted by Gasteiger charge is 2.25. The van der Waals surface area contributed by atoms with Crippen LogP contribution in [0.5, 0.6) is 0 Å². The number of nitrogens with one attached hydrogen (secondary N) is 1. The molecule has 0 aliphatic carbocycles. The van der Waals surface area contributed by atoms with E-state index in [2.05, 4.69) is 29.0 Å². The molecule has 0 spiro atoms. The number of fused-ring (bicyclic) bond motifs is 1. The summed E-state index contributed by atoms with van der Waals surface area (Å²) in [5.41, 5.74) is 0.525. The van der Waals surface area contributed by atoms with E-state index < -0.39 is 11.6 Å². The van der Waals surface area contributed by atoms with Crippen LogP contribution < -0.4 is 10.2 Å². The Morgan fingerprint density at radius 1 is 1.32 bits per heavy atom. The molecule has 2 aromatic rings. The summed E-state index contributed by atoms with van der Waals surface area (Å²) in [7, 11) is 0. The third kappa shape index (κ3) is 2.30. The summed E-state index contributed by atoms with van der Waals surface area (Å²) in [5.74, 6) is -1.66. The number of nitrogens with zero attached hydrogens (tertiary/aromatic N) is 2. The first-order valence-corrected chi connectivity index (χ1v) is 7.12. The molecule has 0 amide bonds. The molecular formula is C13H15F2N3S. The molecule has 102 valence electrons. The van der Waals surface area contributed by atoms with Crippen molar-refractivity contribution < 1.29 is 8.78 Å². The van der Waals surface area contributed by atoms with Crippen LogP contribution in [0.3, 0.4) is 0 Å². The standard InChI is InChI=1S/C13H15F2N3S/c1-7-6-18(8(2)5-16-7)13-17-11-3-9(14)10(15)4-12(11)19-13/h3-4,7-8,16H,5-6H2,1-2H3/t7-,8+/m1/s1. The van der Waals surface area contributed by atoms with Crippen LogP contribution in [-0.2, 0) is 0 Å². The van der Waals surface area contributed by atoms with E-state index in [1.807, 2.05) is 0 Å². The van der Waals surface area contributed by atoms with Gasteiger partial charge >= 0.3 is 0 Å². The summed E-state index contributed by atoms with van der Waals surface area (Å²) < 4.78 is 27.1. The lowest BCUT2D eigenvalue weighted by atomic mass is 10.1. The van der Waals surface area contributed by atoms with Gasteiger partial charge in [0.05, 0.1) is 10.2 Å². The second-order valence-corrected chi connectivity index (χ2v) is 6.05. The van der Waals surface area contributed by atoms with Gasteiger partial charge in [-0.05, 0) is 19.9 Å². The average molecular weight is 283 g/mol. The number of thiazole rings is 1. The minimum Gasteiger partial charge on any atom is -0.343 e. The number of halogens is 2. The molecule has 0 bridgehead atoms. The number of rotatable bonds is 1. The Balaban J connectivity index is 2.00. The SMILES string of the molecule is C[C@@H]1CN(c2nc3cc(F)c(F)cc3s2)[C@@H](C)CN1. The first kappa shape index (κ1) is 12.7. The van der Waals surface area contributed by atoms with Gasteiger partial charge in [0.25, 0.3) is 0 Å². The quantitative estimate of drug-likeness (QED) is 0.872. The number of hydrogen-bond acceptors (Lipinski definition) is 4. The second kappa shape index (κ2) is 4.68. The van der Waals surface area contributed by atoms with Gasteiger partial charge in [-0.3, -0.25) is 0 Å². The van der Waals surface area contributed by atoms with Crippen LogP contribution in [0.2, 0.25) is 0 Å². The summed E-state index contributed by atoms with van der Waals surface area (Å²) in [4.78, 5) is 6.63. The molecule has 2 heterocycles. The van der Waals surface area contributed by atoms with Gasteiger partial charge in [0.15, 0.2) is 16.8 Å². The van der Waals surface area contributed by atoms with E-state index in [1.54, 1.807) is 0 Å². The molecule has 0 unspecified atom stereocenters. The molecule has 1 aliphatic heterocycles. The molecule has 2 atom stereocenters. The van der Waals surface area contributed by atoms with Crippen molar-refractivity contribution in [3.63, 3.8) is 0 Å². The number of benzene rings is 1. The molecule has 0 radical (unpaired) electrons. The van der Waals surface area contributed by atoms with Crippen molar-refractivity contribution in [2.45, 2.75) is 25.9 Å². The maximum atomic E-state index is 13.2. The highest BCUT2D eigenvalue weighted by atomic mass is 32.1. The Labute approximate surface area is 114 Å². The summed E-state index contributed by atoms with van der Waals surface area (Å²) >= 11 is 1.41. The Morgan fingerprint density at radius 2 is 2.05 bits per heavy atom. The summed E-state index contributed by atoms with van der Waals surface area (Å²) in [6.45, 7) is 5.98. The van der Waals surface area contributed by atoms with Crippen LogP contribution in [0.15, 0.2) is 12.1 Å². The normalized spacial score (nSPS) is 24.1. The highest BCUT2D eigenvalue weighted by molar-refractivity contribution is 7.22. The van der Waals surface area contributed by atoms with E-state index in [0.717, 1.165) is 18.2 Å². The van der Waals surface area contributed by atoms with Crippen LogP contribution in [-0.4, -0.2) is 30.2 Å². The van der Waals surface area contributed by atoms with Crippen LogP contribution >= 0.6 is 11.3 Å². The number of anilines is 1. The van der Waals surface area contributed by atoms with E-state index in [9.17, 15) is 8.78 Å². The zero-order valence-corrected chi connectivity index (χ0v) is 11.6.